The Morgan fingerprint density at radius 1 is 1.30 bits per heavy atom. The van der Waals surface area contributed by atoms with Gasteiger partial charge in [0.25, 0.3) is 0 Å². The highest BCUT2D eigenvalue weighted by molar-refractivity contribution is 6.32. The van der Waals surface area contributed by atoms with Gasteiger partial charge in [-0.15, -0.1) is 0 Å². The van der Waals surface area contributed by atoms with Crippen molar-refractivity contribution in [2.75, 3.05) is 13.7 Å². The zero-order chi connectivity index (χ0) is 14.7. The Hall–Kier alpha value is -0.770. The summed E-state index contributed by atoms with van der Waals surface area (Å²) in [6.07, 6.45) is 2.36. The third-order valence-corrected chi connectivity index (χ3v) is 4.47. The molecule has 0 spiro atoms. The van der Waals surface area contributed by atoms with Crippen molar-refractivity contribution in [3.8, 4) is 5.75 Å². The maximum absolute atomic E-state index is 6.18. The molecule has 3 nitrogen and oxygen atoms in total. The zero-order valence-corrected chi connectivity index (χ0v) is 13.5. The van der Waals surface area contributed by atoms with Gasteiger partial charge in [0.1, 0.15) is 18.0 Å². The Kier molecular flexibility index (Phi) is 5.30. The van der Waals surface area contributed by atoms with Crippen LogP contribution in [0.2, 0.25) is 5.02 Å². The van der Waals surface area contributed by atoms with Crippen LogP contribution in [-0.2, 0) is 4.74 Å². The van der Waals surface area contributed by atoms with Crippen LogP contribution in [0.4, 0.5) is 0 Å². The summed E-state index contributed by atoms with van der Waals surface area (Å²) >= 11 is 6.18. The quantitative estimate of drug-likeness (QED) is 0.872. The van der Waals surface area contributed by atoms with Gasteiger partial charge in [0.2, 0.25) is 0 Å². The monoisotopic (exact) mass is 297 g/mol. The highest BCUT2D eigenvalue weighted by atomic mass is 35.5. The van der Waals surface area contributed by atoms with Crippen LogP contribution in [0.3, 0.4) is 0 Å². The van der Waals surface area contributed by atoms with Gasteiger partial charge in [-0.25, -0.2) is 0 Å². The zero-order valence-electron chi connectivity index (χ0n) is 12.7. The van der Waals surface area contributed by atoms with E-state index in [4.69, 9.17) is 21.1 Å². The third-order valence-electron chi connectivity index (χ3n) is 3.88. The highest BCUT2D eigenvalue weighted by Crippen LogP contribution is 2.32. The number of benzene rings is 1. The van der Waals surface area contributed by atoms with Crippen molar-refractivity contribution < 1.29 is 9.47 Å². The summed E-state index contributed by atoms with van der Waals surface area (Å²) in [4.78, 5) is 0. The average Bonchev–Trinajstić information content (AvgIpc) is 2.39. The number of ether oxygens (including phenoxy) is 2. The molecule has 0 radical (unpaired) electrons. The van der Waals surface area contributed by atoms with E-state index < -0.39 is 0 Å². The van der Waals surface area contributed by atoms with Gasteiger partial charge in [-0.1, -0.05) is 18.5 Å². The number of hydrogen-bond donors (Lipinski definition) is 1. The molecule has 1 aromatic carbocycles. The molecule has 1 aliphatic rings. The SMILES string of the molecule is CCCNC1CC(Oc2cc(C)c(Cl)c(C)c2)C1OC. The summed E-state index contributed by atoms with van der Waals surface area (Å²) in [5.41, 5.74) is 2.10. The van der Waals surface area contributed by atoms with E-state index in [0.29, 0.717) is 6.04 Å². The lowest BCUT2D eigenvalue weighted by molar-refractivity contribution is -0.0887. The lowest BCUT2D eigenvalue weighted by Crippen LogP contribution is -2.61. The smallest absolute Gasteiger partial charge is 0.128 e. The molecule has 3 unspecified atom stereocenters. The molecule has 0 bridgehead atoms. The van der Waals surface area contributed by atoms with E-state index in [0.717, 1.165) is 41.3 Å². The minimum absolute atomic E-state index is 0.120. The van der Waals surface area contributed by atoms with Gasteiger partial charge in [0.05, 0.1) is 0 Å². The molecular weight excluding hydrogens is 274 g/mol. The van der Waals surface area contributed by atoms with Crippen LogP contribution in [0, 0.1) is 13.8 Å². The van der Waals surface area contributed by atoms with E-state index in [1.54, 1.807) is 7.11 Å². The van der Waals surface area contributed by atoms with Crippen molar-refractivity contribution in [1.29, 1.82) is 0 Å². The largest absolute Gasteiger partial charge is 0.488 e. The molecule has 1 saturated carbocycles. The normalized spacial score (nSPS) is 25.4. The average molecular weight is 298 g/mol. The molecule has 1 N–H and O–H groups in total. The fraction of sp³-hybridized carbons (Fsp3) is 0.625. The standard InChI is InChI=1S/C16H24ClNO2/c1-5-6-18-13-9-14(16(13)19-4)20-12-7-10(2)15(17)11(3)8-12/h7-8,13-14,16,18H,5-6,9H2,1-4H3. The van der Waals surface area contributed by atoms with Crippen molar-refractivity contribution >= 4 is 11.6 Å². The van der Waals surface area contributed by atoms with E-state index in [-0.39, 0.29) is 12.2 Å². The van der Waals surface area contributed by atoms with Crippen LogP contribution in [-0.4, -0.2) is 31.9 Å². The second-order valence-corrected chi connectivity index (χ2v) is 5.90. The molecule has 1 aliphatic carbocycles. The van der Waals surface area contributed by atoms with Crippen molar-refractivity contribution in [3.05, 3.63) is 28.3 Å². The van der Waals surface area contributed by atoms with E-state index in [1.165, 1.54) is 0 Å². The van der Waals surface area contributed by atoms with Crippen molar-refractivity contribution in [3.63, 3.8) is 0 Å². The maximum atomic E-state index is 6.18. The third kappa shape index (κ3) is 3.27. The second kappa shape index (κ2) is 6.79. The molecule has 0 amide bonds. The van der Waals surface area contributed by atoms with E-state index in [1.807, 2.05) is 26.0 Å². The van der Waals surface area contributed by atoms with Crippen LogP contribution >= 0.6 is 11.6 Å². The number of rotatable bonds is 6. The molecule has 20 heavy (non-hydrogen) atoms. The van der Waals surface area contributed by atoms with Crippen molar-refractivity contribution in [1.82, 2.24) is 5.32 Å². The highest BCUT2D eigenvalue weighted by Gasteiger charge is 2.42. The molecule has 1 fully saturated rings. The number of aryl methyl sites for hydroxylation is 2. The first kappa shape index (κ1) is 15.6. The first-order valence-electron chi connectivity index (χ1n) is 7.26. The van der Waals surface area contributed by atoms with Gasteiger partial charge in [-0.05, 0) is 50.1 Å². The van der Waals surface area contributed by atoms with Gasteiger partial charge < -0.3 is 14.8 Å². The van der Waals surface area contributed by atoms with Crippen molar-refractivity contribution in [2.24, 2.45) is 0 Å². The molecule has 1 aromatic rings. The number of hydrogen-bond acceptors (Lipinski definition) is 3. The Morgan fingerprint density at radius 2 is 1.95 bits per heavy atom. The predicted molar refractivity (Wildman–Crippen MR) is 82.8 cm³/mol. The Morgan fingerprint density at radius 3 is 2.50 bits per heavy atom. The van der Waals surface area contributed by atoms with Crippen LogP contribution in [0.15, 0.2) is 12.1 Å². The lowest BCUT2D eigenvalue weighted by atomic mass is 9.85. The summed E-state index contributed by atoms with van der Waals surface area (Å²) in [6, 6.07) is 4.39. The summed E-state index contributed by atoms with van der Waals surface area (Å²) in [7, 11) is 1.75. The Balaban J connectivity index is 1.97. The molecular formula is C16H24ClNO2. The summed E-state index contributed by atoms with van der Waals surface area (Å²) < 4.78 is 11.6. The minimum Gasteiger partial charge on any atom is -0.488 e. The topological polar surface area (TPSA) is 30.5 Å². The number of halogens is 1. The first-order chi connectivity index (χ1) is 9.56. The summed E-state index contributed by atoms with van der Waals surface area (Å²) in [6.45, 7) is 7.20. The summed E-state index contributed by atoms with van der Waals surface area (Å²) in [5.74, 6) is 0.880. The van der Waals surface area contributed by atoms with Crippen LogP contribution in [0.1, 0.15) is 30.9 Å². The molecule has 4 heteroatoms. The van der Waals surface area contributed by atoms with E-state index in [9.17, 15) is 0 Å². The van der Waals surface area contributed by atoms with Crippen LogP contribution < -0.4 is 10.1 Å². The lowest BCUT2D eigenvalue weighted by Gasteiger charge is -2.43. The number of methoxy groups -OCH3 is 1. The molecule has 0 aliphatic heterocycles. The predicted octanol–water partition coefficient (Wildman–Crippen LogP) is 3.49. The second-order valence-electron chi connectivity index (χ2n) is 5.52. The van der Waals surface area contributed by atoms with Gasteiger partial charge in [-0.3, -0.25) is 0 Å². The molecule has 2 rings (SSSR count). The van der Waals surface area contributed by atoms with Crippen LogP contribution in [0.5, 0.6) is 5.75 Å². The van der Waals surface area contributed by atoms with Gasteiger partial charge in [-0.2, -0.15) is 0 Å². The fourth-order valence-electron chi connectivity index (χ4n) is 2.69. The minimum atomic E-state index is 0.120. The fourth-order valence-corrected chi connectivity index (χ4v) is 2.80. The Labute approximate surface area is 126 Å². The van der Waals surface area contributed by atoms with Gasteiger partial charge >= 0.3 is 0 Å². The molecule has 0 saturated heterocycles. The molecule has 0 aromatic heterocycles. The molecule has 0 heterocycles. The van der Waals surface area contributed by atoms with Gasteiger partial charge in [0, 0.05) is 24.6 Å². The first-order valence-corrected chi connectivity index (χ1v) is 7.64. The van der Waals surface area contributed by atoms with Gasteiger partial charge in [0.15, 0.2) is 0 Å². The maximum Gasteiger partial charge on any atom is 0.128 e. The molecule has 3 atom stereocenters. The summed E-state index contributed by atoms with van der Waals surface area (Å²) in [5, 5.41) is 4.31. The van der Waals surface area contributed by atoms with Crippen molar-refractivity contribution in [2.45, 2.75) is 51.9 Å². The Bertz CT molecular complexity index is 441. The van der Waals surface area contributed by atoms with E-state index in [2.05, 4.69) is 12.2 Å². The number of nitrogens with one attached hydrogen (secondary N) is 1. The molecule has 112 valence electrons. The van der Waals surface area contributed by atoms with E-state index >= 15 is 0 Å². The van der Waals surface area contributed by atoms with Crippen LogP contribution in [0.25, 0.3) is 0 Å².